The van der Waals surface area contributed by atoms with Crippen LogP contribution in [-0.2, 0) is 0 Å². The Balaban J connectivity index is 2.13. The zero-order valence-electron chi connectivity index (χ0n) is 28.3. The SMILES string of the molecule is CC(C)CN(CC(C)C)c1ccc(C(c2ccc(N(CC(C)C)CC(C)C)cc2)c2ccc(N(C)C)cc2C(=O)O)cc1. The number of aromatic carboxylic acids is 1. The molecule has 0 saturated heterocycles. The molecule has 43 heavy (non-hydrogen) atoms. The molecule has 0 aliphatic heterocycles. The summed E-state index contributed by atoms with van der Waals surface area (Å²) in [7, 11) is 3.88. The molecular formula is C38H55N3O2. The van der Waals surface area contributed by atoms with Crippen molar-refractivity contribution in [1.82, 2.24) is 0 Å². The van der Waals surface area contributed by atoms with Crippen LogP contribution in [0, 0.1) is 23.7 Å². The Morgan fingerprint density at radius 3 is 1.23 bits per heavy atom. The molecule has 0 aliphatic carbocycles. The van der Waals surface area contributed by atoms with Crippen molar-refractivity contribution in [2.24, 2.45) is 23.7 Å². The number of benzene rings is 3. The number of anilines is 3. The van der Waals surface area contributed by atoms with E-state index in [2.05, 4.69) is 114 Å². The summed E-state index contributed by atoms with van der Waals surface area (Å²) in [5.41, 5.74) is 6.62. The lowest BCUT2D eigenvalue weighted by molar-refractivity contribution is 0.0695. The summed E-state index contributed by atoms with van der Waals surface area (Å²) in [5.74, 6) is 1.12. The van der Waals surface area contributed by atoms with Gasteiger partial charge in [0, 0.05) is 63.3 Å². The maximum atomic E-state index is 12.6. The Hall–Kier alpha value is -3.47. The highest BCUT2D eigenvalue weighted by atomic mass is 16.4. The lowest BCUT2D eigenvalue weighted by Crippen LogP contribution is -2.31. The monoisotopic (exact) mass is 585 g/mol. The fourth-order valence-electron chi connectivity index (χ4n) is 5.90. The zero-order valence-corrected chi connectivity index (χ0v) is 28.3. The fourth-order valence-corrected chi connectivity index (χ4v) is 5.90. The average molecular weight is 586 g/mol. The predicted octanol–water partition coefficient (Wildman–Crippen LogP) is 8.87. The Morgan fingerprint density at radius 2 is 0.930 bits per heavy atom. The largest absolute Gasteiger partial charge is 0.478 e. The number of carboxylic acid groups (broad SMARTS) is 1. The van der Waals surface area contributed by atoms with Gasteiger partial charge in [-0.25, -0.2) is 4.79 Å². The van der Waals surface area contributed by atoms with Crippen LogP contribution < -0.4 is 14.7 Å². The second kappa shape index (κ2) is 15.3. The summed E-state index contributed by atoms with van der Waals surface area (Å²) in [5, 5.41) is 10.4. The standard InChI is InChI=1S/C38H55N3O2/c1-26(2)22-40(23-27(3)4)32-15-11-30(12-16-32)37(35-20-19-34(39(9)10)21-36(35)38(42)43)31-13-17-33(18-14-31)41(24-28(5)6)25-29(7)8/h11-21,26-29,37H,22-25H2,1-10H3,(H,42,43). The van der Waals surface area contributed by atoms with Crippen molar-refractivity contribution in [2.45, 2.75) is 61.3 Å². The van der Waals surface area contributed by atoms with E-state index < -0.39 is 5.97 Å². The Labute approximate surface area is 261 Å². The van der Waals surface area contributed by atoms with Crippen molar-refractivity contribution < 1.29 is 9.90 Å². The summed E-state index contributed by atoms with van der Waals surface area (Å²) in [6, 6.07) is 23.4. The summed E-state index contributed by atoms with van der Waals surface area (Å²) in [4.78, 5) is 19.5. The van der Waals surface area contributed by atoms with Gasteiger partial charge in [-0.05, 0) is 76.8 Å². The Kier molecular flexibility index (Phi) is 12.1. The minimum absolute atomic E-state index is 0.210. The van der Waals surface area contributed by atoms with Crippen molar-refractivity contribution in [3.05, 3.63) is 89.0 Å². The van der Waals surface area contributed by atoms with Gasteiger partial charge in [0.15, 0.2) is 0 Å². The van der Waals surface area contributed by atoms with E-state index >= 15 is 0 Å². The van der Waals surface area contributed by atoms with Crippen molar-refractivity contribution in [1.29, 1.82) is 0 Å². The zero-order chi connectivity index (χ0) is 31.8. The quantitative estimate of drug-likeness (QED) is 0.181. The third-order valence-corrected chi connectivity index (χ3v) is 7.62. The van der Waals surface area contributed by atoms with Gasteiger partial charge in [0.25, 0.3) is 0 Å². The van der Waals surface area contributed by atoms with E-state index in [0.29, 0.717) is 29.2 Å². The van der Waals surface area contributed by atoms with Crippen LogP contribution in [0.25, 0.3) is 0 Å². The molecule has 0 radical (unpaired) electrons. The van der Waals surface area contributed by atoms with E-state index in [-0.39, 0.29) is 5.92 Å². The van der Waals surface area contributed by atoms with Crippen LogP contribution in [0.3, 0.4) is 0 Å². The summed E-state index contributed by atoms with van der Waals surface area (Å²) in [6.07, 6.45) is 0. The van der Waals surface area contributed by atoms with Crippen LogP contribution in [0.5, 0.6) is 0 Å². The first-order chi connectivity index (χ1) is 20.3. The lowest BCUT2D eigenvalue weighted by atomic mass is 9.82. The average Bonchev–Trinajstić information content (AvgIpc) is 2.92. The molecule has 0 unspecified atom stereocenters. The highest BCUT2D eigenvalue weighted by molar-refractivity contribution is 5.91. The first-order valence-corrected chi connectivity index (χ1v) is 16.0. The van der Waals surface area contributed by atoms with Gasteiger partial charge in [0.2, 0.25) is 0 Å². The highest BCUT2D eigenvalue weighted by Crippen LogP contribution is 2.37. The van der Waals surface area contributed by atoms with Crippen molar-refractivity contribution >= 4 is 23.0 Å². The number of hydrogen-bond acceptors (Lipinski definition) is 4. The van der Waals surface area contributed by atoms with Gasteiger partial charge in [-0.1, -0.05) is 85.7 Å². The minimum atomic E-state index is -0.906. The molecule has 0 aromatic heterocycles. The number of carbonyl (C=O) groups is 1. The summed E-state index contributed by atoms with van der Waals surface area (Å²) in [6.45, 7) is 22.1. The molecule has 3 aromatic carbocycles. The van der Waals surface area contributed by atoms with Gasteiger partial charge in [-0.3, -0.25) is 0 Å². The maximum absolute atomic E-state index is 12.6. The predicted molar refractivity (Wildman–Crippen MR) is 185 cm³/mol. The van der Waals surface area contributed by atoms with E-state index in [1.54, 1.807) is 6.07 Å². The molecule has 234 valence electrons. The van der Waals surface area contributed by atoms with Crippen LogP contribution in [0.2, 0.25) is 0 Å². The molecule has 3 rings (SSSR count). The third kappa shape index (κ3) is 9.51. The van der Waals surface area contributed by atoms with Crippen LogP contribution >= 0.6 is 0 Å². The number of hydrogen-bond donors (Lipinski definition) is 1. The van der Waals surface area contributed by atoms with E-state index in [1.165, 1.54) is 11.4 Å². The van der Waals surface area contributed by atoms with Crippen molar-refractivity contribution in [3.8, 4) is 0 Å². The number of carboxylic acids is 1. The van der Waals surface area contributed by atoms with Gasteiger partial charge in [-0.2, -0.15) is 0 Å². The smallest absolute Gasteiger partial charge is 0.336 e. The van der Waals surface area contributed by atoms with Gasteiger partial charge in [0.1, 0.15) is 0 Å². The summed E-state index contributed by atoms with van der Waals surface area (Å²) >= 11 is 0. The molecule has 0 amide bonds. The van der Waals surface area contributed by atoms with Gasteiger partial charge in [-0.15, -0.1) is 0 Å². The molecule has 0 atom stereocenters. The Morgan fingerprint density at radius 1 is 0.581 bits per heavy atom. The van der Waals surface area contributed by atoms with Gasteiger partial charge >= 0.3 is 5.97 Å². The normalized spacial score (nSPS) is 11.7. The molecule has 0 aliphatic rings. The molecule has 0 fully saturated rings. The molecule has 1 N–H and O–H groups in total. The highest BCUT2D eigenvalue weighted by Gasteiger charge is 2.24. The first kappa shape index (κ1) is 34.0. The third-order valence-electron chi connectivity index (χ3n) is 7.62. The first-order valence-electron chi connectivity index (χ1n) is 16.0. The fraction of sp³-hybridized carbons (Fsp3) is 0.500. The van der Waals surface area contributed by atoms with Crippen molar-refractivity contribution in [2.75, 3.05) is 55.0 Å². The molecule has 0 heterocycles. The summed E-state index contributed by atoms with van der Waals surface area (Å²) < 4.78 is 0. The Bertz CT molecular complexity index is 1210. The van der Waals surface area contributed by atoms with E-state index in [4.69, 9.17) is 0 Å². The van der Waals surface area contributed by atoms with Crippen LogP contribution in [-0.4, -0.2) is 51.4 Å². The number of rotatable bonds is 15. The second-order valence-electron chi connectivity index (χ2n) is 14.0. The van der Waals surface area contributed by atoms with Gasteiger partial charge in [0.05, 0.1) is 5.56 Å². The maximum Gasteiger partial charge on any atom is 0.336 e. The van der Waals surface area contributed by atoms with Crippen LogP contribution in [0.1, 0.15) is 88.4 Å². The molecule has 0 spiro atoms. The van der Waals surface area contributed by atoms with Crippen LogP contribution in [0.4, 0.5) is 17.1 Å². The van der Waals surface area contributed by atoms with Gasteiger partial charge < -0.3 is 19.8 Å². The molecule has 0 saturated carbocycles. The molecular weight excluding hydrogens is 530 g/mol. The molecule has 5 heteroatoms. The molecule has 5 nitrogen and oxygen atoms in total. The second-order valence-corrected chi connectivity index (χ2v) is 14.0. The topological polar surface area (TPSA) is 47.0 Å². The van der Waals surface area contributed by atoms with E-state index in [1.807, 2.05) is 31.1 Å². The van der Waals surface area contributed by atoms with E-state index in [0.717, 1.165) is 48.6 Å². The molecule has 3 aromatic rings. The minimum Gasteiger partial charge on any atom is -0.478 e. The lowest BCUT2D eigenvalue weighted by Gasteiger charge is -2.30. The molecule has 0 bridgehead atoms. The van der Waals surface area contributed by atoms with Crippen molar-refractivity contribution in [3.63, 3.8) is 0 Å². The van der Waals surface area contributed by atoms with E-state index in [9.17, 15) is 9.90 Å². The number of nitrogens with zero attached hydrogens (tertiary/aromatic N) is 3. The van der Waals surface area contributed by atoms with Crippen LogP contribution in [0.15, 0.2) is 66.7 Å².